The minimum Gasteiger partial charge on any atom is -0.314 e. The van der Waals surface area contributed by atoms with E-state index in [1.165, 1.54) is 51.5 Å². The van der Waals surface area contributed by atoms with E-state index in [0.717, 1.165) is 12.3 Å². The lowest BCUT2D eigenvalue weighted by atomic mass is 10.0. The van der Waals surface area contributed by atoms with Crippen LogP contribution in [0.15, 0.2) is 12.7 Å². The molecule has 0 bridgehead atoms. The van der Waals surface area contributed by atoms with Crippen LogP contribution in [0.1, 0.15) is 58.3 Å². The van der Waals surface area contributed by atoms with Gasteiger partial charge in [-0.1, -0.05) is 31.8 Å². The van der Waals surface area contributed by atoms with Gasteiger partial charge in [0.05, 0.1) is 0 Å². The van der Waals surface area contributed by atoms with Gasteiger partial charge in [0.1, 0.15) is 0 Å². The van der Waals surface area contributed by atoms with Gasteiger partial charge in [-0.15, -0.1) is 6.58 Å². The molecule has 1 saturated carbocycles. The van der Waals surface area contributed by atoms with Crippen molar-refractivity contribution in [3.05, 3.63) is 12.7 Å². The van der Waals surface area contributed by atoms with Gasteiger partial charge in [0, 0.05) is 6.04 Å². The summed E-state index contributed by atoms with van der Waals surface area (Å²) in [6, 6.07) is 0.659. The van der Waals surface area contributed by atoms with Gasteiger partial charge >= 0.3 is 0 Å². The maximum atomic E-state index is 3.75. The number of nitrogens with one attached hydrogen (secondary N) is 1. The van der Waals surface area contributed by atoms with Gasteiger partial charge in [0.2, 0.25) is 0 Å². The second kappa shape index (κ2) is 7.92. The minimum atomic E-state index is 0.659. The van der Waals surface area contributed by atoms with Crippen molar-refractivity contribution in [3.63, 3.8) is 0 Å². The van der Waals surface area contributed by atoms with Crippen molar-refractivity contribution in [1.82, 2.24) is 5.32 Å². The van der Waals surface area contributed by atoms with Gasteiger partial charge in [-0.3, -0.25) is 0 Å². The van der Waals surface area contributed by atoms with Crippen molar-refractivity contribution < 1.29 is 0 Å². The van der Waals surface area contributed by atoms with Crippen LogP contribution in [0.5, 0.6) is 0 Å². The van der Waals surface area contributed by atoms with Crippen LogP contribution in [0, 0.1) is 5.92 Å². The number of allylic oxidation sites excluding steroid dienone is 1. The highest BCUT2D eigenvalue weighted by Gasteiger charge is 2.13. The van der Waals surface area contributed by atoms with E-state index in [0.29, 0.717) is 6.04 Å². The van der Waals surface area contributed by atoms with E-state index in [-0.39, 0.29) is 0 Å². The molecule has 0 saturated heterocycles. The summed E-state index contributed by atoms with van der Waals surface area (Å²) in [6.45, 7) is 7.23. The summed E-state index contributed by atoms with van der Waals surface area (Å²) in [6.07, 6.45) is 13.1. The monoisotopic (exact) mass is 209 g/mol. The lowest BCUT2D eigenvalue weighted by molar-refractivity contribution is 0.445. The molecule has 1 atom stereocenters. The Bertz CT molecular complexity index is 159. The van der Waals surface area contributed by atoms with E-state index in [1.807, 2.05) is 6.08 Å². The fraction of sp³-hybridized carbons (Fsp3) is 0.857. The van der Waals surface area contributed by atoms with Gasteiger partial charge in [0.25, 0.3) is 0 Å². The molecular weight excluding hydrogens is 182 g/mol. The molecule has 1 N–H and O–H groups in total. The third-order valence-electron chi connectivity index (χ3n) is 3.56. The van der Waals surface area contributed by atoms with E-state index in [9.17, 15) is 0 Å². The van der Waals surface area contributed by atoms with Crippen molar-refractivity contribution >= 4 is 0 Å². The first-order chi connectivity index (χ1) is 7.33. The standard InChI is InChI=1S/C14H27N/c1-3-4-8-13(2)15-12-7-11-14-9-5-6-10-14/h3,13-15H,1,4-12H2,2H3. The summed E-state index contributed by atoms with van der Waals surface area (Å²) in [5.41, 5.74) is 0. The molecule has 0 aromatic heterocycles. The van der Waals surface area contributed by atoms with E-state index in [2.05, 4.69) is 18.8 Å². The summed E-state index contributed by atoms with van der Waals surface area (Å²) in [7, 11) is 0. The van der Waals surface area contributed by atoms with E-state index in [1.54, 1.807) is 0 Å². The summed E-state index contributed by atoms with van der Waals surface area (Å²) >= 11 is 0. The number of rotatable bonds is 8. The highest BCUT2D eigenvalue weighted by atomic mass is 14.9. The van der Waals surface area contributed by atoms with Gasteiger partial charge in [-0.25, -0.2) is 0 Å². The first-order valence-electron chi connectivity index (χ1n) is 6.67. The zero-order chi connectivity index (χ0) is 10.9. The molecule has 0 spiro atoms. The molecule has 1 nitrogen and oxygen atoms in total. The van der Waals surface area contributed by atoms with Crippen LogP contribution in [0.4, 0.5) is 0 Å². The maximum Gasteiger partial charge on any atom is 0.00416 e. The first kappa shape index (κ1) is 12.8. The van der Waals surface area contributed by atoms with Gasteiger partial charge in [-0.2, -0.15) is 0 Å². The fourth-order valence-electron chi connectivity index (χ4n) is 2.51. The summed E-state index contributed by atoms with van der Waals surface area (Å²) in [5.74, 6) is 1.05. The Morgan fingerprint density at radius 2 is 2.13 bits per heavy atom. The molecule has 0 aromatic rings. The topological polar surface area (TPSA) is 12.0 Å². The zero-order valence-electron chi connectivity index (χ0n) is 10.3. The maximum absolute atomic E-state index is 3.75. The largest absolute Gasteiger partial charge is 0.314 e. The molecule has 1 fully saturated rings. The smallest absolute Gasteiger partial charge is 0.00416 e. The quantitative estimate of drug-likeness (QED) is 0.472. The molecule has 1 aliphatic carbocycles. The molecule has 0 aliphatic heterocycles. The van der Waals surface area contributed by atoms with Crippen LogP contribution in [0.25, 0.3) is 0 Å². The Morgan fingerprint density at radius 1 is 1.40 bits per heavy atom. The lowest BCUT2D eigenvalue weighted by Crippen LogP contribution is -2.26. The van der Waals surface area contributed by atoms with E-state index >= 15 is 0 Å². The average Bonchev–Trinajstić information content (AvgIpc) is 2.74. The molecule has 0 amide bonds. The van der Waals surface area contributed by atoms with Crippen molar-refractivity contribution in [2.45, 2.75) is 64.3 Å². The molecule has 1 rings (SSSR count). The van der Waals surface area contributed by atoms with Crippen molar-refractivity contribution in [3.8, 4) is 0 Å². The van der Waals surface area contributed by atoms with E-state index < -0.39 is 0 Å². The molecule has 15 heavy (non-hydrogen) atoms. The predicted molar refractivity (Wildman–Crippen MR) is 68.1 cm³/mol. The first-order valence-corrected chi connectivity index (χ1v) is 6.67. The number of hydrogen-bond donors (Lipinski definition) is 1. The Labute approximate surface area is 95.3 Å². The highest BCUT2D eigenvalue weighted by molar-refractivity contribution is 4.72. The Balaban J connectivity index is 1.89. The molecule has 0 heterocycles. The molecule has 0 radical (unpaired) electrons. The predicted octanol–water partition coefficient (Wildman–Crippen LogP) is 3.90. The Kier molecular flexibility index (Phi) is 6.74. The van der Waals surface area contributed by atoms with Crippen LogP contribution in [-0.2, 0) is 0 Å². The van der Waals surface area contributed by atoms with E-state index in [4.69, 9.17) is 0 Å². The average molecular weight is 209 g/mol. The second-order valence-corrected chi connectivity index (χ2v) is 5.01. The van der Waals surface area contributed by atoms with Crippen LogP contribution < -0.4 is 5.32 Å². The van der Waals surface area contributed by atoms with Crippen LogP contribution >= 0.6 is 0 Å². The summed E-state index contributed by atoms with van der Waals surface area (Å²) in [5, 5.41) is 3.59. The van der Waals surface area contributed by atoms with Crippen LogP contribution in [0.2, 0.25) is 0 Å². The zero-order valence-corrected chi connectivity index (χ0v) is 10.3. The fourth-order valence-corrected chi connectivity index (χ4v) is 2.51. The van der Waals surface area contributed by atoms with Crippen molar-refractivity contribution in [2.75, 3.05) is 6.54 Å². The van der Waals surface area contributed by atoms with Gasteiger partial charge < -0.3 is 5.32 Å². The molecule has 88 valence electrons. The Hall–Kier alpha value is -0.300. The van der Waals surface area contributed by atoms with Crippen molar-refractivity contribution in [1.29, 1.82) is 0 Å². The highest BCUT2D eigenvalue weighted by Crippen LogP contribution is 2.28. The number of hydrogen-bond acceptors (Lipinski definition) is 1. The van der Waals surface area contributed by atoms with Crippen molar-refractivity contribution in [2.24, 2.45) is 5.92 Å². The SMILES string of the molecule is C=CCCC(C)NCCCC1CCCC1. The van der Waals surface area contributed by atoms with Crippen LogP contribution in [-0.4, -0.2) is 12.6 Å². The summed E-state index contributed by atoms with van der Waals surface area (Å²) in [4.78, 5) is 0. The molecule has 1 unspecified atom stereocenters. The molecule has 1 heteroatoms. The van der Waals surface area contributed by atoms with Gasteiger partial charge in [0.15, 0.2) is 0 Å². The Morgan fingerprint density at radius 3 is 2.80 bits per heavy atom. The minimum absolute atomic E-state index is 0.659. The third kappa shape index (κ3) is 5.99. The summed E-state index contributed by atoms with van der Waals surface area (Å²) < 4.78 is 0. The third-order valence-corrected chi connectivity index (χ3v) is 3.56. The molecule has 0 aromatic carbocycles. The lowest BCUT2D eigenvalue weighted by Gasteiger charge is -2.14. The second-order valence-electron chi connectivity index (χ2n) is 5.01. The molecule has 1 aliphatic rings. The van der Waals surface area contributed by atoms with Crippen LogP contribution in [0.3, 0.4) is 0 Å². The normalized spacial score (nSPS) is 19.3. The van der Waals surface area contributed by atoms with Gasteiger partial charge in [-0.05, 0) is 45.1 Å². The molecular formula is C14H27N.